The fourth-order valence-corrected chi connectivity index (χ4v) is 2.58. The van der Waals surface area contributed by atoms with Gasteiger partial charge in [-0.25, -0.2) is 18.7 Å². The predicted octanol–water partition coefficient (Wildman–Crippen LogP) is 1.89. The Balaban J connectivity index is 2.69. The molecule has 0 bridgehead atoms. The van der Waals surface area contributed by atoms with Crippen LogP contribution in [0.1, 0.15) is 26.2 Å². The van der Waals surface area contributed by atoms with Crippen molar-refractivity contribution < 1.29 is 8.42 Å². The molecule has 1 rings (SSSR count). The Morgan fingerprint density at radius 2 is 1.81 bits per heavy atom. The van der Waals surface area contributed by atoms with Gasteiger partial charge in [-0.05, 0) is 18.6 Å². The van der Waals surface area contributed by atoms with Crippen LogP contribution in [0.4, 0.5) is 5.69 Å². The summed E-state index contributed by atoms with van der Waals surface area (Å²) < 4.78 is 24.5. The lowest BCUT2D eigenvalue weighted by molar-refractivity contribution is 0.587. The van der Waals surface area contributed by atoms with Gasteiger partial charge in [-0.3, -0.25) is 0 Å². The Morgan fingerprint density at radius 1 is 1.19 bits per heavy atom. The third-order valence-electron chi connectivity index (χ3n) is 2.32. The molecule has 0 heterocycles. The Kier molecular flexibility index (Phi) is 4.76. The van der Waals surface area contributed by atoms with Crippen LogP contribution in [-0.4, -0.2) is 14.2 Å². The van der Waals surface area contributed by atoms with E-state index in [0.29, 0.717) is 12.1 Å². The van der Waals surface area contributed by atoms with Crippen LogP contribution in [-0.2, 0) is 10.0 Å². The third kappa shape index (κ3) is 3.50. The first-order valence-electron chi connectivity index (χ1n) is 5.40. The molecule has 5 heteroatoms. The molecule has 0 spiro atoms. The fourth-order valence-electron chi connectivity index (χ4n) is 1.37. The molecule has 1 aromatic carbocycles. The highest BCUT2D eigenvalue weighted by Crippen LogP contribution is 2.14. The van der Waals surface area contributed by atoms with E-state index in [4.69, 9.17) is 5.84 Å². The average molecular weight is 242 g/mol. The molecule has 0 aliphatic heterocycles. The van der Waals surface area contributed by atoms with Gasteiger partial charge >= 0.3 is 0 Å². The van der Waals surface area contributed by atoms with Gasteiger partial charge in [-0.1, -0.05) is 38.0 Å². The molecule has 2 N–H and O–H groups in total. The summed E-state index contributed by atoms with van der Waals surface area (Å²) in [5, 5.41) is 0. The molecule has 0 amide bonds. The van der Waals surface area contributed by atoms with Crippen molar-refractivity contribution in [2.75, 3.05) is 10.2 Å². The Bertz CT molecular complexity index is 403. The number of para-hydroxylation sites is 1. The number of rotatable bonds is 6. The lowest BCUT2D eigenvalue weighted by Gasteiger charge is -2.18. The van der Waals surface area contributed by atoms with E-state index >= 15 is 0 Å². The average Bonchev–Trinajstić information content (AvgIpc) is 2.29. The van der Waals surface area contributed by atoms with E-state index in [1.54, 1.807) is 24.3 Å². The van der Waals surface area contributed by atoms with Crippen molar-refractivity contribution in [3.05, 3.63) is 30.3 Å². The van der Waals surface area contributed by atoms with Crippen molar-refractivity contribution in [2.45, 2.75) is 26.2 Å². The van der Waals surface area contributed by atoms with Crippen LogP contribution >= 0.6 is 0 Å². The molecular weight excluding hydrogens is 224 g/mol. The number of nitrogens with two attached hydrogens (primary N) is 1. The zero-order chi connectivity index (χ0) is 12.0. The number of hydrogen-bond donors (Lipinski definition) is 1. The molecule has 0 saturated heterocycles. The molecule has 16 heavy (non-hydrogen) atoms. The highest BCUT2D eigenvalue weighted by Gasteiger charge is 2.18. The fraction of sp³-hybridized carbons (Fsp3) is 0.455. The number of hydrazine groups is 1. The van der Waals surface area contributed by atoms with Gasteiger partial charge in [0.25, 0.3) is 0 Å². The summed E-state index contributed by atoms with van der Waals surface area (Å²) in [4.78, 5) is 0. The van der Waals surface area contributed by atoms with Gasteiger partial charge < -0.3 is 0 Å². The summed E-state index contributed by atoms with van der Waals surface area (Å²) in [5.74, 6) is 5.70. The molecule has 0 aliphatic carbocycles. The molecule has 0 atom stereocenters. The van der Waals surface area contributed by atoms with E-state index in [2.05, 4.69) is 0 Å². The third-order valence-corrected chi connectivity index (χ3v) is 3.93. The molecule has 0 saturated carbocycles. The van der Waals surface area contributed by atoms with Crippen molar-refractivity contribution in [1.29, 1.82) is 0 Å². The largest absolute Gasteiger partial charge is 0.248 e. The lowest BCUT2D eigenvalue weighted by Crippen LogP contribution is -2.39. The van der Waals surface area contributed by atoms with E-state index in [1.807, 2.05) is 13.0 Å². The number of anilines is 1. The van der Waals surface area contributed by atoms with Crippen LogP contribution in [0.3, 0.4) is 0 Å². The number of unbranched alkanes of at least 4 members (excludes halogenated alkanes) is 2. The van der Waals surface area contributed by atoms with Gasteiger partial charge in [0.05, 0.1) is 11.4 Å². The Labute approximate surface area is 97.1 Å². The van der Waals surface area contributed by atoms with Crippen LogP contribution in [0, 0.1) is 0 Å². The van der Waals surface area contributed by atoms with Gasteiger partial charge in [0, 0.05) is 0 Å². The monoisotopic (exact) mass is 242 g/mol. The second-order valence-corrected chi connectivity index (χ2v) is 5.62. The standard InChI is InChI=1S/C11H18N2O2S/c1-2-3-7-10-16(14,15)13(12)11-8-5-4-6-9-11/h4-6,8-9H,2-3,7,10,12H2,1H3. The van der Waals surface area contributed by atoms with Gasteiger partial charge in [0.1, 0.15) is 0 Å². The minimum Gasteiger partial charge on any atom is -0.233 e. The molecular formula is C11H18N2O2S. The Hall–Kier alpha value is -1.07. The summed E-state index contributed by atoms with van der Waals surface area (Å²) in [7, 11) is -3.37. The van der Waals surface area contributed by atoms with Gasteiger partial charge in [-0.2, -0.15) is 0 Å². The van der Waals surface area contributed by atoms with Crippen LogP contribution < -0.4 is 10.3 Å². The molecule has 0 aromatic heterocycles. The number of hydrogen-bond acceptors (Lipinski definition) is 3. The van der Waals surface area contributed by atoms with E-state index in [-0.39, 0.29) is 5.75 Å². The minimum atomic E-state index is -3.37. The van der Waals surface area contributed by atoms with Gasteiger partial charge in [0.2, 0.25) is 10.0 Å². The van der Waals surface area contributed by atoms with Crippen molar-refractivity contribution in [3.63, 3.8) is 0 Å². The number of benzene rings is 1. The molecule has 0 aliphatic rings. The Morgan fingerprint density at radius 3 is 2.38 bits per heavy atom. The summed E-state index contributed by atoms with van der Waals surface area (Å²) in [6.45, 7) is 2.03. The lowest BCUT2D eigenvalue weighted by atomic mass is 10.3. The van der Waals surface area contributed by atoms with E-state index < -0.39 is 10.0 Å². The molecule has 4 nitrogen and oxygen atoms in total. The normalized spacial score (nSPS) is 11.4. The van der Waals surface area contributed by atoms with Crippen molar-refractivity contribution >= 4 is 15.7 Å². The summed E-state index contributed by atoms with van der Waals surface area (Å²) in [5.41, 5.74) is 0.499. The van der Waals surface area contributed by atoms with Crippen LogP contribution in [0.5, 0.6) is 0 Å². The van der Waals surface area contributed by atoms with Crippen molar-refractivity contribution in [3.8, 4) is 0 Å². The summed E-state index contributed by atoms with van der Waals surface area (Å²) in [6, 6.07) is 8.70. The van der Waals surface area contributed by atoms with Crippen LogP contribution in [0.25, 0.3) is 0 Å². The molecule has 90 valence electrons. The minimum absolute atomic E-state index is 0.103. The zero-order valence-electron chi connectivity index (χ0n) is 9.46. The first-order valence-corrected chi connectivity index (χ1v) is 7.01. The second kappa shape index (κ2) is 5.86. The van der Waals surface area contributed by atoms with Crippen LogP contribution in [0.2, 0.25) is 0 Å². The second-order valence-electron chi connectivity index (χ2n) is 3.65. The van der Waals surface area contributed by atoms with Crippen LogP contribution in [0.15, 0.2) is 30.3 Å². The van der Waals surface area contributed by atoms with Crippen molar-refractivity contribution in [2.24, 2.45) is 5.84 Å². The molecule has 0 unspecified atom stereocenters. The zero-order valence-corrected chi connectivity index (χ0v) is 10.3. The van der Waals surface area contributed by atoms with Crippen molar-refractivity contribution in [1.82, 2.24) is 0 Å². The maximum Gasteiger partial charge on any atom is 0.248 e. The SMILES string of the molecule is CCCCCS(=O)(=O)N(N)c1ccccc1. The number of sulfonamides is 1. The maximum absolute atomic E-state index is 11.8. The smallest absolute Gasteiger partial charge is 0.233 e. The predicted molar refractivity (Wildman–Crippen MR) is 66.4 cm³/mol. The van der Waals surface area contributed by atoms with E-state index in [1.165, 1.54) is 0 Å². The first kappa shape index (κ1) is 13.0. The molecule has 0 fully saturated rings. The van der Waals surface area contributed by atoms with Gasteiger partial charge in [0.15, 0.2) is 0 Å². The van der Waals surface area contributed by atoms with Gasteiger partial charge in [-0.15, -0.1) is 0 Å². The first-order chi connectivity index (χ1) is 7.58. The summed E-state index contributed by atoms with van der Waals surface area (Å²) >= 11 is 0. The molecule has 0 radical (unpaired) electrons. The highest BCUT2D eigenvalue weighted by molar-refractivity contribution is 7.92. The molecule has 1 aromatic rings. The topological polar surface area (TPSA) is 63.4 Å². The quantitative estimate of drug-likeness (QED) is 0.470. The maximum atomic E-state index is 11.8. The number of nitrogens with zero attached hydrogens (tertiary/aromatic N) is 1. The highest BCUT2D eigenvalue weighted by atomic mass is 32.2. The summed E-state index contributed by atoms with van der Waals surface area (Å²) in [6.07, 6.45) is 2.55. The van der Waals surface area contributed by atoms with E-state index in [0.717, 1.165) is 17.3 Å². The van der Waals surface area contributed by atoms with E-state index in [9.17, 15) is 8.42 Å².